The van der Waals surface area contributed by atoms with Crippen LogP contribution < -0.4 is 5.32 Å². The lowest BCUT2D eigenvalue weighted by Gasteiger charge is -2.33. The molecule has 3 nitrogen and oxygen atoms in total. The molecule has 1 rings (SSSR count). The van der Waals surface area contributed by atoms with E-state index in [0.717, 1.165) is 32.8 Å². The first-order chi connectivity index (χ1) is 6.20. The van der Waals surface area contributed by atoms with Crippen molar-refractivity contribution in [3.05, 3.63) is 0 Å². The zero-order chi connectivity index (χ0) is 9.68. The maximum absolute atomic E-state index is 5.53. The molecule has 1 saturated heterocycles. The van der Waals surface area contributed by atoms with E-state index in [4.69, 9.17) is 4.74 Å². The Hall–Kier alpha value is -0.120. The van der Waals surface area contributed by atoms with Crippen molar-refractivity contribution in [1.82, 2.24) is 10.2 Å². The molecule has 0 spiro atoms. The number of nitrogens with zero attached hydrogens (tertiary/aromatic N) is 1. The van der Waals surface area contributed by atoms with Gasteiger partial charge in [-0.2, -0.15) is 0 Å². The highest BCUT2D eigenvalue weighted by molar-refractivity contribution is 4.75. The molecular weight excluding hydrogens is 164 g/mol. The topological polar surface area (TPSA) is 24.5 Å². The van der Waals surface area contributed by atoms with E-state index in [2.05, 4.69) is 31.0 Å². The van der Waals surface area contributed by atoms with Crippen LogP contribution in [0.4, 0.5) is 0 Å². The van der Waals surface area contributed by atoms with Gasteiger partial charge in [-0.1, -0.05) is 0 Å². The zero-order valence-corrected chi connectivity index (χ0v) is 9.05. The van der Waals surface area contributed by atoms with Gasteiger partial charge in [0.25, 0.3) is 0 Å². The van der Waals surface area contributed by atoms with Gasteiger partial charge in [0.15, 0.2) is 0 Å². The molecule has 78 valence electrons. The number of piperazine rings is 1. The summed E-state index contributed by atoms with van der Waals surface area (Å²) < 4.78 is 5.53. The fourth-order valence-electron chi connectivity index (χ4n) is 1.62. The fourth-order valence-corrected chi connectivity index (χ4v) is 1.62. The first-order valence-corrected chi connectivity index (χ1v) is 5.26. The molecule has 1 N–H and O–H groups in total. The van der Waals surface area contributed by atoms with Crippen molar-refractivity contribution in [3.8, 4) is 0 Å². The molecule has 0 radical (unpaired) electrons. The van der Waals surface area contributed by atoms with Crippen molar-refractivity contribution in [2.75, 3.05) is 32.8 Å². The monoisotopic (exact) mass is 186 g/mol. The van der Waals surface area contributed by atoms with Crippen LogP contribution in [0.2, 0.25) is 0 Å². The van der Waals surface area contributed by atoms with Gasteiger partial charge in [0, 0.05) is 32.2 Å². The maximum atomic E-state index is 5.53. The summed E-state index contributed by atoms with van der Waals surface area (Å²) in [5.41, 5.74) is 0. The van der Waals surface area contributed by atoms with E-state index in [-0.39, 0.29) is 0 Å². The third kappa shape index (κ3) is 4.07. The molecule has 0 unspecified atom stereocenters. The number of hydrogen-bond donors (Lipinski definition) is 1. The van der Waals surface area contributed by atoms with E-state index in [9.17, 15) is 0 Å². The molecule has 0 aromatic rings. The van der Waals surface area contributed by atoms with Crippen molar-refractivity contribution in [1.29, 1.82) is 0 Å². The van der Waals surface area contributed by atoms with E-state index < -0.39 is 0 Å². The van der Waals surface area contributed by atoms with Crippen LogP contribution in [0.15, 0.2) is 0 Å². The minimum atomic E-state index is 0.359. The van der Waals surface area contributed by atoms with Crippen molar-refractivity contribution in [3.63, 3.8) is 0 Å². The standard InChI is InChI=1S/C10H22N2O/c1-9(2)13-7-6-12-5-4-11-8-10(12)3/h9-11H,4-8H2,1-3H3/t10-/m0/s1. The second-order valence-electron chi connectivity index (χ2n) is 4.01. The summed E-state index contributed by atoms with van der Waals surface area (Å²) in [6.07, 6.45) is 0.359. The molecule has 0 amide bonds. The van der Waals surface area contributed by atoms with Gasteiger partial charge in [-0.15, -0.1) is 0 Å². The van der Waals surface area contributed by atoms with E-state index in [0.29, 0.717) is 12.1 Å². The second-order valence-corrected chi connectivity index (χ2v) is 4.01. The van der Waals surface area contributed by atoms with E-state index in [1.165, 1.54) is 0 Å². The fraction of sp³-hybridized carbons (Fsp3) is 1.00. The van der Waals surface area contributed by atoms with Gasteiger partial charge in [0.2, 0.25) is 0 Å². The predicted molar refractivity (Wildman–Crippen MR) is 55.0 cm³/mol. The van der Waals surface area contributed by atoms with E-state index in [1.54, 1.807) is 0 Å². The Balaban J connectivity index is 2.11. The minimum Gasteiger partial charge on any atom is -0.377 e. The third-order valence-corrected chi connectivity index (χ3v) is 2.47. The third-order valence-electron chi connectivity index (χ3n) is 2.47. The molecule has 13 heavy (non-hydrogen) atoms. The van der Waals surface area contributed by atoms with Crippen LogP contribution in [0, 0.1) is 0 Å². The van der Waals surface area contributed by atoms with Crippen LogP contribution >= 0.6 is 0 Å². The summed E-state index contributed by atoms with van der Waals surface area (Å²) in [4.78, 5) is 2.48. The van der Waals surface area contributed by atoms with Gasteiger partial charge in [-0.05, 0) is 20.8 Å². The summed E-state index contributed by atoms with van der Waals surface area (Å²) in [6, 6.07) is 0.657. The van der Waals surface area contributed by atoms with E-state index >= 15 is 0 Å². The van der Waals surface area contributed by atoms with E-state index in [1.807, 2.05) is 0 Å². The molecule has 1 aliphatic rings. The lowest BCUT2D eigenvalue weighted by Crippen LogP contribution is -2.50. The normalized spacial score (nSPS) is 25.4. The molecule has 0 saturated carbocycles. The molecule has 0 aromatic carbocycles. The van der Waals surface area contributed by atoms with Crippen molar-refractivity contribution >= 4 is 0 Å². The minimum absolute atomic E-state index is 0.359. The molecule has 3 heteroatoms. The summed E-state index contributed by atoms with van der Waals surface area (Å²) in [7, 11) is 0. The highest BCUT2D eigenvalue weighted by Crippen LogP contribution is 2.01. The van der Waals surface area contributed by atoms with Crippen molar-refractivity contribution in [2.45, 2.75) is 32.9 Å². The molecular formula is C10H22N2O. The summed E-state index contributed by atoms with van der Waals surface area (Å²) in [5, 5.41) is 3.38. The smallest absolute Gasteiger partial charge is 0.0597 e. The van der Waals surface area contributed by atoms with Crippen LogP contribution in [0.3, 0.4) is 0 Å². The Morgan fingerprint density at radius 2 is 2.31 bits per heavy atom. The molecule has 1 aliphatic heterocycles. The Kier molecular flexibility index (Phi) is 4.70. The lowest BCUT2D eigenvalue weighted by molar-refractivity contribution is 0.0458. The lowest BCUT2D eigenvalue weighted by atomic mass is 10.2. The average molecular weight is 186 g/mol. The molecule has 0 aliphatic carbocycles. The van der Waals surface area contributed by atoms with Crippen LogP contribution in [0.5, 0.6) is 0 Å². The first kappa shape index (κ1) is 11.0. The Bertz CT molecular complexity index is 139. The largest absolute Gasteiger partial charge is 0.377 e. The average Bonchev–Trinajstić information content (AvgIpc) is 2.08. The molecule has 0 aromatic heterocycles. The van der Waals surface area contributed by atoms with Crippen LogP contribution in [0.1, 0.15) is 20.8 Å². The van der Waals surface area contributed by atoms with Gasteiger partial charge in [0.05, 0.1) is 12.7 Å². The predicted octanol–water partition coefficient (Wildman–Crippen LogP) is 0.705. The van der Waals surface area contributed by atoms with Gasteiger partial charge in [-0.3, -0.25) is 4.90 Å². The second kappa shape index (κ2) is 5.58. The van der Waals surface area contributed by atoms with Gasteiger partial charge in [-0.25, -0.2) is 0 Å². The number of nitrogens with one attached hydrogen (secondary N) is 1. The summed E-state index contributed by atoms with van der Waals surface area (Å²) in [6.45, 7) is 11.8. The maximum Gasteiger partial charge on any atom is 0.0597 e. The summed E-state index contributed by atoms with van der Waals surface area (Å²) >= 11 is 0. The van der Waals surface area contributed by atoms with Gasteiger partial charge in [0.1, 0.15) is 0 Å². The SMILES string of the molecule is CC(C)OCCN1CCNC[C@@H]1C. The molecule has 1 atom stereocenters. The van der Waals surface area contributed by atoms with Crippen LogP contribution in [-0.2, 0) is 4.74 Å². The van der Waals surface area contributed by atoms with Gasteiger partial charge >= 0.3 is 0 Å². The number of ether oxygens (including phenoxy) is 1. The Labute approximate surface area is 81.4 Å². The molecule has 1 heterocycles. The Morgan fingerprint density at radius 3 is 2.92 bits per heavy atom. The zero-order valence-electron chi connectivity index (χ0n) is 9.05. The van der Waals surface area contributed by atoms with Crippen molar-refractivity contribution in [2.24, 2.45) is 0 Å². The highest BCUT2D eigenvalue weighted by Gasteiger charge is 2.16. The number of rotatable bonds is 4. The van der Waals surface area contributed by atoms with Crippen molar-refractivity contribution < 1.29 is 4.74 Å². The van der Waals surface area contributed by atoms with Crippen LogP contribution in [0.25, 0.3) is 0 Å². The summed E-state index contributed by atoms with van der Waals surface area (Å²) in [5.74, 6) is 0. The number of hydrogen-bond acceptors (Lipinski definition) is 3. The first-order valence-electron chi connectivity index (χ1n) is 5.26. The Morgan fingerprint density at radius 1 is 1.54 bits per heavy atom. The molecule has 1 fully saturated rings. The van der Waals surface area contributed by atoms with Gasteiger partial charge < -0.3 is 10.1 Å². The quantitative estimate of drug-likeness (QED) is 0.699. The highest BCUT2D eigenvalue weighted by atomic mass is 16.5. The van der Waals surface area contributed by atoms with Crippen LogP contribution in [-0.4, -0.2) is 49.8 Å². The molecule has 0 bridgehead atoms.